The average molecular weight is 333 g/mol. The summed E-state index contributed by atoms with van der Waals surface area (Å²) in [5.74, 6) is -0.809. The SMILES string of the molecule is Fc1cc(NCc2cc(Br)ccc2F)ccc1Cl. The molecule has 0 heterocycles. The molecule has 0 unspecified atom stereocenters. The van der Waals surface area contributed by atoms with Gasteiger partial charge >= 0.3 is 0 Å². The fourth-order valence-electron chi connectivity index (χ4n) is 1.48. The third kappa shape index (κ3) is 3.21. The number of benzene rings is 2. The van der Waals surface area contributed by atoms with Gasteiger partial charge in [0.1, 0.15) is 11.6 Å². The summed E-state index contributed by atoms with van der Waals surface area (Å²) in [6.07, 6.45) is 0. The van der Waals surface area contributed by atoms with Crippen molar-refractivity contribution in [3.05, 3.63) is 63.1 Å². The van der Waals surface area contributed by atoms with Crippen LogP contribution in [0.3, 0.4) is 0 Å². The molecule has 0 aliphatic heterocycles. The molecule has 0 radical (unpaired) electrons. The summed E-state index contributed by atoms with van der Waals surface area (Å²) in [6, 6.07) is 9.05. The molecule has 2 aromatic rings. The van der Waals surface area contributed by atoms with Crippen molar-refractivity contribution in [3.8, 4) is 0 Å². The first kappa shape index (κ1) is 13.3. The van der Waals surface area contributed by atoms with E-state index in [1.165, 1.54) is 18.2 Å². The predicted molar refractivity (Wildman–Crippen MR) is 72.8 cm³/mol. The lowest BCUT2D eigenvalue weighted by atomic mass is 10.2. The van der Waals surface area contributed by atoms with Gasteiger partial charge in [0.25, 0.3) is 0 Å². The molecule has 0 saturated carbocycles. The zero-order chi connectivity index (χ0) is 13.1. The Morgan fingerprint density at radius 3 is 2.56 bits per heavy atom. The van der Waals surface area contributed by atoms with Crippen LogP contribution in [-0.4, -0.2) is 0 Å². The van der Waals surface area contributed by atoms with Crippen molar-refractivity contribution in [2.24, 2.45) is 0 Å². The molecule has 1 N–H and O–H groups in total. The lowest BCUT2D eigenvalue weighted by molar-refractivity contribution is 0.612. The molecule has 2 rings (SSSR count). The van der Waals surface area contributed by atoms with Crippen molar-refractivity contribution in [1.82, 2.24) is 0 Å². The van der Waals surface area contributed by atoms with E-state index in [1.807, 2.05) is 0 Å². The van der Waals surface area contributed by atoms with Crippen molar-refractivity contribution >= 4 is 33.2 Å². The van der Waals surface area contributed by atoms with E-state index in [1.54, 1.807) is 18.2 Å². The van der Waals surface area contributed by atoms with Gasteiger partial charge in [0.05, 0.1) is 5.02 Å². The highest BCUT2D eigenvalue weighted by molar-refractivity contribution is 9.10. The molecule has 1 nitrogen and oxygen atoms in total. The van der Waals surface area contributed by atoms with Gasteiger partial charge in [-0.1, -0.05) is 27.5 Å². The topological polar surface area (TPSA) is 12.0 Å². The Bertz CT molecular complexity index is 575. The molecule has 18 heavy (non-hydrogen) atoms. The van der Waals surface area contributed by atoms with Crippen molar-refractivity contribution < 1.29 is 8.78 Å². The van der Waals surface area contributed by atoms with Crippen LogP contribution >= 0.6 is 27.5 Å². The monoisotopic (exact) mass is 331 g/mol. The molecule has 0 bridgehead atoms. The quantitative estimate of drug-likeness (QED) is 0.834. The van der Waals surface area contributed by atoms with Crippen molar-refractivity contribution in [3.63, 3.8) is 0 Å². The summed E-state index contributed by atoms with van der Waals surface area (Å²) in [5, 5.41) is 3.00. The molecular weight excluding hydrogens is 324 g/mol. The molecule has 5 heteroatoms. The molecule has 0 saturated heterocycles. The van der Waals surface area contributed by atoms with Gasteiger partial charge in [-0.3, -0.25) is 0 Å². The maximum atomic E-state index is 13.5. The normalized spacial score (nSPS) is 10.4. The van der Waals surface area contributed by atoms with Gasteiger partial charge in [-0.25, -0.2) is 8.78 Å². The predicted octanol–water partition coefficient (Wildman–Crippen LogP) is 4.99. The fraction of sp³-hybridized carbons (Fsp3) is 0.0769. The highest BCUT2D eigenvalue weighted by Crippen LogP contribution is 2.20. The molecule has 0 atom stereocenters. The summed E-state index contributed by atoms with van der Waals surface area (Å²) >= 11 is 8.85. The molecular formula is C13H9BrClF2N. The average Bonchev–Trinajstić information content (AvgIpc) is 2.34. The van der Waals surface area contributed by atoms with E-state index >= 15 is 0 Å². The Morgan fingerprint density at radius 1 is 1.06 bits per heavy atom. The van der Waals surface area contributed by atoms with E-state index in [0.717, 1.165) is 4.47 Å². The van der Waals surface area contributed by atoms with Crippen LogP contribution in [0, 0.1) is 11.6 Å². The smallest absolute Gasteiger partial charge is 0.143 e. The molecule has 0 aliphatic carbocycles. The van der Waals surface area contributed by atoms with Gasteiger partial charge in [-0.2, -0.15) is 0 Å². The van der Waals surface area contributed by atoms with Crippen molar-refractivity contribution in [2.75, 3.05) is 5.32 Å². The highest BCUT2D eigenvalue weighted by atomic mass is 79.9. The maximum absolute atomic E-state index is 13.5. The van der Waals surface area contributed by atoms with Gasteiger partial charge in [-0.05, 0) is 36.4 Å². The largest absolute Gasteiger partial charge is 0.381 e. The Labute approximate surface area is 117 Å². The van der Waals surface area contributed by atoms with Crippen LogP contribution in [-0.2, 0) is 6.54 Å². The van der Waals surface area contributed by atoms with Crippen molar-refractivity contribution in [1.29, 1.82) is 0 Å². The Hall–Kier alpha value is -1.13. The van der Waals surface area contributed by atoms with E-state index in [-0.39, 0.29) is 17.4 Å². The number of nitrogens with one attached hydrogen (secondary N) is 1. The number of rotatable bonds is 3. The van der Waals surface area contributed by atoms with Crippen LogP contribution in [0.4, 0.5) is 14.5 Å². The highest BCUT2D eigenvalue weighted by Gasteiger charge is 2.04. The fourth-order valence-corrected chi connectivity index (χ4v) is 2.01. The van der Waals surface area contributed by atoms with E-state index < -0.39 is 5.82 Å². The van der Waals surface area contributed by atoms with Crippen LogP contribution < -0.4 is 5.32 Å². The second-order valence-electron chi connectivity index (χ2n) is 3.72. The first-order chi connectivity index (χ1) is 8.56. The number of hydrogen-bond acceptors (Lipinski definition) is 1. The van der Waals surface area contributed by atoms with Gasteiger partial charge < -0.3 is 5.32 Å². The minimum absolute atomic E-state index is 0.0641. The third-order valence-electron chi connectivity index (χ3n) is 2.41. The molecule has 0 fully saturated rings. The second-order valence-corrected chi connectivity index (χ2v) is 5.04. The summed E-state index contributed by atoms with van der Waals surface area (Å²) in [7, 11) is 0. The van der Waals surface area contributed by atoms with E-state index in [2.05, 4.69) is 21.2 Å². The standard InChI is InChI=1S/C13H9BrClF2N/c14-9-1-4-12(16)8(5-9)7-18-10-2-3-11(15)13(17)6-10/h1-6,18H,7H2. The molecule has 0 spiro atoms. The van der Waals surface area contributed by atoms with Gasteiger partial charge in [0, 0.05) is 22.3 Å². The minimum atomic E-state index is -0.503. The van der Waals surface area contributed by atoms with Crippen LogP contribution in [0.25, 0.3) is 0 Å². The van der Waals surface area contributed by atoms with Crippen molar-refractivity contribution in [2.45, 2.75) is 6.54 Å². The Balaban J connectivity index is 2.11. The summed E-state index contributed by atoms with van der Waals surface area (Å²) in [5.41, 5.74) is 1.05. The number of hydrogen-bond donors (Lipinski definition) is 1. The van der Waals surface area contributed by atoms with E-state index in [4.69, 9.17) is 11.6 Å². The zero-order valence-corrected chi connectivity index (χ0v) is 11.5. The summed E-state index contributed by atoms with van der Waals surface area (Å²) < 4.78 is 27.4. The Kier molecular flexibility index (Phi) is 4.19. The van der Waals surface area contributed by atoms with Crippen LogP contribution in [0.2, 0.25) is 5.02 Å². The molecule has 0 aliphatic rings. The van der Waals surface area contributed by atoms with Gasteiger partial charge in [-0.15, -0.1) is 0 Å². The first-order valence-electron chi connectivity index (χ1n) is 5.19. The van der Waals surface area contributed by atoms with Crippen LogP contribution in [0.1, 0.15) is 5.56 Å². The molecule has 0 aromatic heterocycles. The van der Waals surface area contributed by atoms with Crippen LogP contribution in [0.15, 0.2) is 40.9 Å². The zero-order valence-electron chi connectivity index (χ0n) is 9.18. The lowest BCUT2D eigenvalue weighted by Gasteiger charge is -2.08. The van der Waals surface area contributed by atoms with E-state index in [0.29, 0.717) is 11.3 Å². The molecule has 94 valence electrons. The third-order valence-corrected chi connectivity index (χ3v) is 3.21. The molecule has 2 aromatic carbocycles. The molecule has 0 amide bonds. The summed E-state index contributed by atoms with van der Waals surface area (Å²) in [6.45, 7) is 0.270. The first-order valence-corrected chi connectivity index (χ1v) is 6.36. The minimum Gasteiger partial charge on any atom is -0.381 e. The van der Waals surface area contributed by atoms with E-state index in [9.17, 15) is 8.78 Å². The Morgan fingerprint density at radius 2 is 1.83 bits per heavy atom. The number of anilines is 1. The van der Waals surface area contributed by atoms with Gasteiger partial charge in [0.2, 0.25) is 0 Å². The lowest BCUT2D eigenvalue weighted by Crippen LogP contribution is -2.02. The van der Waals surface area contributed by atoms with Gasteiger partial charge in [0.15, 0.2) is 0 Å². The summed E-state index contributed by atoms with van der Waals surface area (Å²) in [4.78, 5) is 0. The van der Waals surface area contributed by atoms with Crippen LogP contribution in [0.5, 0.6) is 0 Å². The maximum Gasteiger partial charge on any atom is 0.143 e. The second kappa shape index (κ2) is 5.67. The number of halogens is 4.